The zero-order valence-corrected chi connectivity index (χ0v) is 35.5. The zero-order valence-electron chi connectivity index (χ0n) is 35.5. The highest BCUT2D eigenvalue weighted by atomic mass is 14.5. The van der Waals surface area contributed by atoms with Gasteiger partial charge in [0.25, 0.3) is 0 Å². The Morgan fingerprint density at radius 3 is 1.32 bits per heavy atom. The van der Waals surface area contributed by atoms with E-state index in [2.05, 4.69) is 198 Å². The minimum atomic E-state index is -0.452. The first-order valence-electron chi connectivity index (χ1n) is 21.9. The van der Waals surface area contributed by atoms with Crippen LogP contribution in [-0.2, 0) is 21.7 Å². The maximum Gasteiger partial charge on any atom is 0.0725 e. The number of hydrogen-bond acceptors (Lipinski definition) is 0. The van der Waals surface area contributed by atoms with Gasteiger partial charge in [0.05, 0.1) is 5.41 Å². The van der Waals surface area contributed by atoms with E-state index in [0.29, 0.717) is 0 Å². The van der Waals surface area contributed by atoms with E-state index in [0.717, 1.165) is 12.8 Å². The van der Waals surface area contributed by atoms with Crippen molar-refractivity contribution in [3.8, 4) is 33.4 Å². The summed E-state index contributed by atoms with van der Waals surface area (Å²) in [7, 11) is 0. The van der Waals surface area contributed by atoms with Crippen LogP contribution in [0, 0.1) is 0 Å². The fourth-order valence-electron chi connectivity index (χ4n) is 12.2. The predicted octanol–water partition coefficient (Wildman–Crippen LogP) is 15.1. The molecule has 0 fully saturated rings. The van der Waals surface area contributed by atoms with Crippen LogP contribution in [-0.4, -0.2) is 0 Å². The van der Waals surface area contributed by atoms with Gasteiger partial charge in [0, 0.05) is 16.2 Å². The van der Waals surface area contributed by atoms with E-state index in [1.54, 1.807) is 5.57 Å². The molecule has 288 valence electrons. The van der Waals surface area contributed by atoms with Gasteiger partial charge in [-0.05, 0) is 125 Å². The second-order valence-corrected chi connectivity index (χ2v) is 18.4. The summed E-state index contributed by atoms with van der Waals surface area (Å²) in [6.45, 7) is 16.2. The van der Waals surface area contributed by atoms with E-state index in [1.807, 2.05) is 13.8 Å². The van der Waals surface area contributed by atoms with Crippen molar-refractivity contribution in [3.05, 3.63) is 231 Å². The van der Waals surface area contributed by atoms with E-state index < -0.39 is 10.8 Å². The van der Waals surface area contributed by atoms with Gasteiger partial charge >= 0.3 is 0 Å². The van der Waals surface area contributed by atoms with Crippen LogP contribution < -0.4 is 0 Å². The fourth-order valence-corrected chi connectivity index (χ4v) is 12.2. The smallest absolute Gasteiger partial charge is 0.0725 e. The van der Waals surface area contributed by atoms with Gasteiger partial charge in [-0.2, -0.15) is 0 Å². The van der Waals surface area contributed by atoms with Gasteiger partial charge in [0.1, 0.15) is 0 Å². The molecule has 1 atom stereocenters. The lowest BCUT2D eigenvalue weighted by Crippen LogP contribution is -2.29. The summed E-state index contributed by atoms with van der Waals surface area (Å²) in [6, 6.07) is 59.0. The van der Waals surface area contributed by atoms with Gasteiger partial charge in [0.2, 0.25) is 0 Å². The Labute approximate surface area is 351 Å². The number of fused-ring (bicyclic) bond motifs is 15. The summed E-state index contributed by atoms with van der Waals surface area (Å²) in [4.78, 5) is 0. The SMILES string of the molecule is CC.CC1(C)C2=C(CCC=C2)c2ccc(C(C)(c3ccc4c(c3)C(C)(C)c3ccccc3-4)c3ccc4c(c3)C3(c5ccccc5-c5ccccc53)c3ccccc3-4)cc21. The van der Waals surface area contributed by atoms with Crippen molar-refractivity contribution in [2.45, 2.75) is 83.0 Å². The second-order valence-electron chi connectivity index (χ2n) is 18.4. The van der Waals surface area contributed by atoms with Crippen LogP contribution in [0.2, 0.25) is 0 Å². The van der Waals surface area contributed by atoms with Crippen LogP contribution >= 0.6 is 0 Å². The van der Waals surface area contributed by atoms with Gasteiger partial charge < -0.3 is 0 Å². The first kappa shape index (κ1) is 36.1. The third-order valence-corrected chi connectivity index (χ3v) is 15.2. The van der Waals surface area contributed by atoms with Crippen molar-refractivity contribution in [3.63, 3.8) is 0 Å². The summed E-state index contributed by atoms with van der Waals surface area (Å²) in [5.74, 6) is 0. The van der Waals surface area contributed by atoms with Crippen molar-refractivity contribution < 1.29 is 0 Å². The Bertz CT molecular complexity index is 2910. The average Bonchev–Trinajstić information content (AvgIpc) is 3.92. The highest BCUT2D eigenvalue weighted by Crippen LogP contribution is 2.63. The van der Waals surface area contributed by atoms with Crippen molar-refractivity contribution >= 4 is 5.57 Å². The van der Waals surface area contributed by atoms with Crippen molar-refractivity contribution in [2.24, 2.45) is 0 Å². The molecule has 1 unspecified atom stereocenters. The molecule has 0 saturated heterocycles. The molecule has 0 saturated carbocycles. The first-order chi connectivity index (χ1) is 28.7. The molecule has 5 aliphatic rings. The molecule has 0 aromatic heterocycles. The number of allylic oxidation sites excluding steroid dienone is 4. The largest absolute Gasteiger partial charge is 0.0839 e. The summed E-state index contributed by atoms with van der Waals surface area (Å²) >= 11 is 0. The molecule has 0 heteroatoms. The number of benzene rings is 7. The monoisotopic (exact) mass is 760 g/mol. The van der Waals surface area contributed by atoms with Crippen LogP contribution in [0.15, 0.2) is 169 Å². The Hall–Kier alpha value is -5.98. The molecular formula is C59H52. The molecule has 59 heavy (non-hydrogen) atoms. The summed E-state index contributed by atoms with van der Waals surface area (Å²) in [6.07, 6.45) is 7.02. The van der Waals surface area contributed by atoms with E-state index in [4.69, 9.17) is 0 Å². The van der Waals surface area contributed by atoms with E-state index >= 15 is 0 Å². The first-order valence-corrected chi connectivity index (χ1v) is 21.9. The third kappa shape index (κ3) is 4.50. The van der Waals surface area contributed by atoms with Crippen LogP contribution in [0.5, 0.6) is 0 Å². The molecular weight excluding hydrogens is 709 g/mol. The third-order valence-electron chi connectivity index (χ3n) is 15.2. The summed E-state index contributed by atoms with van der Waals surface area (Å²) in [5, 5.41) is 0. The molecule has 12 rings (SSSR count). The lowest BCUT2D eigenvalue weighted by atomic mass is 9.66. The van der Waals surface area contributed by atoms with Gasteiger partial charge in [0.15, 0.2) is 0 Å². The average molecular weight is 761 g/mol. The predicted molar refractivity (Wildman–Crippen MR) is 248 cm³/mol. The molecule has 7 aromatic rings. The van der Waals surface area contributed by atoms with Gasteiger partial charge in [-0.3, -0.25) is 0 Å². The molecule has 7 aromatic carbocycles. The van der Waals surface area contributed by atoms with Crippen LogP contribution in [0.3, 0.4) is 0 Å². The van der Waals surface area contributed by atoms with E-state index in [9.17, 15) is 0 Å². The van der Waals surface area contributed by atoms with Crippen LogP contribution in [0.4, 0.5) is 0 Å². The van der Waals surface area contributed by atoms with Crippen molar-refractivity contribution in [2.75, 3.05) is 0 Å². The minimum Gasteiger partial charge on any atom is -0.0839 e. The Kier molecular flexibility index (Phi) is 7.66. The molecule has 0 bridgehead atoms. The normalized spacial score (nSPS) is 18.0. The molecule has 1 spiro atoms. The molecule has 0 aliphatic heterocycles. The topological polar surface area (TPSA) is 0 Å². The van der Waals surface area contributed by atoms with E-state index in [1.165, 1.54) is 100 Å². The van der Waals surface area contributed by atoms with Gasteiger partial charge in [-0.1, -0.05) is 205 Å². The standard InChI is InChI=1S/C57H46.C2H6/c1-54(2)46-21-11-6-16-38(46)43-29-26-35(32-51(43)54)56(5,36-27-30-44-39-17-7-12-22-47(39)55(3,4)52(44)33-36)37-28-31-45-42-20-10-15-25-50(42)57(53(45)34-37)48-23-13-8-18-40(48)41-19-9-14-24-49(41)57;1-2/h6,8-16,18-34H,7,17H2,1-5H3;1-2H3. The summed E-state index contributed by atoms with van der Waals surface area (Å²) < 4.78 is 0. The Morgan fingerprint density at radius 2 is 0.797 bits per heavy atom. The van der Waals surface area contributed by atoms with Crippen LogP contribution in [0.1, 0.15) is 123 Å². The molecule has 0 radical (unpaired) electrons. The maximum atomic E-state index is 2.62. The quantitative estimate of drug-likeness (QED) is 0.157. The molecule has 0 N–H and O–H groups in total. The van der Waals surface area contributed by atoms with E-state index in [-0.39, 0.29) is 10.8 Å². The minimum absolute atomic E-state index is 0.0546. The number of rotatable bonds is 3. The highest BCUT2D eigenvalue weighted by Gasteiger charge is 2.52. The second kappa shape index (κ2) is 12.5. The maximum absolute atomic E-state index is 2.62. The lowest BCUT2D eigenvalue weighted by Gasteiger charge is -2.36. The van der Waals surface area contributed by atoms with Crippen molar-refractivity contribution in [1.29, 1.82) is 0 Å². The molecule has 5 aliphatic carbocycles. The fraction of sp³-hybridized carbons (Fsp3) is 0.220. The lowest BCUT2D eigenvalue weighted by molar-refractivity contribution is 0.636. The van der Waals surface area contributed by atoms with Crippen LogP contribution in [0.25, 0.3) is 39.0 Å². The highest BCUT2D eigenvalue weighted by molar-refractivity contribution is 5.95. The number of hydrogen-bond donors (Lipinski definition) is 0. The summed E-state index contributed by atoms with van der Waals surface area (Å²) in [5.41, 5.74) is 25.4. The Morgan fingerprint density at radius 1 is 0.407 bits per heavy atom. The van der Waals surface area contributed by atoms with Gasteiger partial charge in [-0.15, -0.1) is 0 Å². The molecule has 0 heterocycles. The van der Waals surface area contributed by atoms with Gasteiger partial charge in [-0.25, -0.2) is 0 Å². The molecule has 0 amide bonds. The Balaban J connectivity index is 0.00000196. The molecule has 0 nitrogen and oxygen atoms in total. The zero-order chi connectivity index (χ0) is 40.5. The van der Waals surface area contributed by atoms with Crippen molar-refractivity contribution in [1.82, 2.24) is 0 Å².